The Morgan fingerprint density at radius 3 is 2.62 bits per heavy atom. The molecule has 0 aliphatic rings. The number of hydrogen-bond donors (Lipinski definition) is 1. The van der Waals surface area contributed by atoms with Gasteiger partial charge >= 0.3 is 5.97 Å². The SMILES string of the molecule is COc1cccc2cc(-c3cc(C(=O)O)nn3C)n(C)c12. The molecular weight excluding hydrogens is 270 g/mol. The molecular formula is C15H15N3O3. The number of carbonyl (C=O) groups is 1. The smallest absolute Gasteiger partial charge is 0.356 e. The van der Waals surface area contributed by atoms with E-state index in [1.807, 2.05) is 35.9 Å². The van der Waals surface area contributed by atoms with Crippen LogP contribution in [-0.2, 0) is 14.1 Å². The van der Waals surface area contributed by atoms with Crippen LogP contribution < -0.4 is 4.74 Å². The summed E-state index contributed by atoms with van der Waals surface area (Å²) in [7, 11) is 5.29. The lowest BCUT2D eigenvalue weighted by molar-refractivity contribution is 0.0689. The van der Waals surface area contributed by atoms with Crippen molar-refractivity contribution < 1.29 is 14.6 Å². The number of methoxy groups -OCH3 is 1. The molecule has 2 aromatic heterocycles. The van der Waals surface area contributed by atoms with Gasteiger partial charge in [0.15, 0.2) is 5.69 Å². The summed E-state index contributed by atoms with van der Waals surface area (Å²) in [6, 6.07) is 9.40. The van der Waals surface area contributed by atoms with E-state index in [9.17, 15) is 4.79 Å². The van der Waals surface area contributed by atoms with Crippen molar-refractivity contribution in [3.63, 3.8) is 0 Å². The minimum atomic E-state index is -1.03. The highest BCUT2D eigenvalue weighted by Gasteiger charge is 2.17. The standard InChI is InChI=1S/C15H15N3O3/c1-17-11(12-8-10(15(19)20)16-18(12)2)7-9-5-4-6-13(21-3)14(9)17/h4-8H,1-3H3,(H,19,20). The molecule has 0 spiro atoms. The summed E-state index contributed by atoms with van der Waals surface area (Å²) < 4.78 is 8.95. The Balaban J connectivity index is 2.26. The highest BCUT2D eigenvalue weighted by molar-refractivity contribution is 5.92. The van der Waals surface area contributed by atoms with E-state index in [-0.39, 0.29) is 5.69 Å². The topological polar surface area (TPSA) is 69.3 Å². The molecule has 21 heavy (non-hydrogen) atoms. The second kappa shape index (κ2) is 4.66. The van der Waals surface area contributed by atoms with E-state index in [1.165, 1.54) is 0 Å². The number of aromatic nitrogens is 3. The molecule has 3 rings (SSSR count). The molecule has 1 aromatic carbocycles. The molecule has 0 atom stereocenters. The van der Waals surface area contributed by atoms with Crippen LogP contribution in [0.4, 0.5) is 0 Å². The summed E-state index contributed by atoms with van der Waals surface area (Å²) in [5.74, 6) is -0.255. The van der Waals surface area contributed by atoms with E-state index >= 15 is 0 Å². The number of hydrogen-bond acceptors (Lipinski definition) is 3. The van der Waals surface area contributed by atoms with Crippen LogP contribution in [0.3, 0.4) is 0 Å². The van der Waals surface area contributed by atoms with Gasteiger partial charge < -0.3 is 14.4 Å². The van der Waals surface area contributed by atoms with Crippen LogP contribution in [0.25, 0.3) is 22.3 Å². The number of ether oxygens (including phenoxy) is 1. The Morgan fingerprint density at radius 1 is 1.24 bits per heavy atom. The zero-order valence-electron chi connectivity index (χ0n) is 12.0. The third-order valence-corrected chi connectivity index (χ3v) is 3.60. The maximum Gasteiger partial charge on any atom is 0.356 e. The van der Waals surface area contributed by atoms with Gasteiger partial charge in [0.25, 0.3) is 0 Å². The van der Waals surface area contributed by atoms with E-state index in [1.54, 1.807) is 24.9 Å². The van der Waals surface area contributed by atoms with Crippen LogP contribution in [0.15, 0.2) is 30.3 Å². The van der Waals surface area contributed by atoms with Gasteiger partial charge in [-0.05, 0) is 12.1 Å². The highest BCUT2D eigenvalue weighted by Crippen LogP contribution is 2.32. The Bertz CT molecular complexity index is 845. The Morgan fingerprint density at radius 2 is 2.00 bits per heavy atom. The predicted octanol–water partition coefficient (Wildman–Crippen LogP) is 2.29. The zero-order chi connectivity index (χ0) is 15.1. The summed E-state index contributed by atoms with van der Waals surface area (Å²) in [5.41, 5.74) is 2.63. The molecule has 6 heteroatoms. The second-order valence-corrected chi connectivity index (χ2v) is 4.83. The van der Waals surface area contributed by atoms with Gasteiger partial charge in [-0.25, -0.2) is 4.79 Å². The number of aryl methyl sites for hydroxylation is 2. The first-order valence-electron chi connectivity index (χ1n) is 6.43. The number of nitrogens with zero attached hydrogens (tertiary/aromatic N) is 3. The van der Waals surface area contributed by atoms with Gasteiger partial charge in [-0.2, -0.15) is 5.10 Å². The van der Waals surface area contributed by atoms with Crippen LogP contribution in [0.2, 0.25) is 0 Å². The quantitative estimate of drug-likeness (QED) is 0.801. The third kappa shape index (κ3) is 1.96. The van der Waals surface area contributed by atoms with Crippen molar-refractivity contribution in [1.82, 2.24) is 14.3 Å². The van der Waals surface area contributed by atoms with Crippen molar-refractivity contribution in [1.29, 1.82) is 0 Å². The minimum Gasteiger partial charge on any atom is -0.495 e. The van der Waals surface area contributed by atoms with Crippen molar-refractivity contribution in [2.75, 3.05) is 7.11 Å². The Labute approximate surface area is 121 Å². The van der Waals surface area contributed by atoms with Crippen LogP contribution >= 0.6 is 0 Å². The summed E-state index contributed by atoms with van der Waals surface area (Å²) in [5, 5.41) is 14.1. The maximum atomic E-state index is 11.1. The number of carboxylic acid groups (broad SMARTS) is 1. The fourth-order valence-electron chi connectivity index (χ4n) is 2.60. The maximum absolute atomic E-state index is 11.1. The number of para-hydroxylation sites is 1. The van der Waals surface area contributed by atoms with Crippen molar-refractivity contribution in [2.45, 2.75) is 0 Å². The Hall–Kier alpha value is -2.76. The van der Waals surface area contributed by atoms with E-state index in [4.69, 9.17) is 9.84 Å². The summed E-state index contributed by atoms with van der Waals surface area (Å²) >= 11 is 0. The molecule has 1 N–H and O–H groups in total. The van der Waals surface area contributed by atoms with Crippen molar-refractivity contribution in [3.05, 3.63) is 36.0 Å². The van der Waals surface area contributed by atoms with E-state index in [0.29, 0.717) is 0 Å². The molecule has 0 saturated carbocycles. The molecule has 0 radical (unpaired) electrons. The van der Waals surface area contributed by atoms with E-state index < -0.39 is 5.97 Å². The molecule has 108 valence electrons. The second-order valence-electron chi connectivity index (χ2n) is 4.83. The number of benzene rings is 1. The lowest BCUT2D eigenvalue weighted by Crippen LogP contribution is -2.00. The molecule has 0 bridgehead atoms. The summed E-state index contributed by atoms with van der Waals surface area (Å²) in [4.78, 5) is 11.1. The first-order chi connectivity index (χ1) is 10.0. The minimum absolute atomic E-state index is 0.0321. The van der Waals surface area contributed by atoms with Gasteiger partial charge in [0.2, 0.25) is 0 Å². The lowest BCUT2D eigenvalue weighted by Gasteiger charge is -2.07. The monoisotopic (exact) mass is 285 g/mol. The molecule has 6 nitrogen and oxygen atoms in total. The van der Waals surface area contributed by atoms with Gasteiger partial charge in [-0.1, -0.05) is 12.1 Å². The first kappa shape index (κ1) is 13.2. The zero-order valence-corrected chi connectivity index (χ0v) is 12.0. The molecule has 0 amide bonds. The number of aromatic carboxylic acids is 1. The van der Waals surface area contributed by atoms with Gasteiger partial charge in [-0.3, -0.25) is 4.68 Å². The van der Waals surface area contributed by atoms with Gasteiger partial charge in [0, 0.05) is 25.5 Å². The molecule has 0 saturated heterocycles. The fourth-order valence-corrected chi connectivity index (χ4v) is 2.60. The number of fused-ring (bicyclic) bond motifs is 1. The van der Waals surface area contributed by atoms with Crippen molar-refractivity contribution >= 4 is 16.9 Å². The predicted molar refractivity (Wildman–Crippen MR) is 78.6 cm³/mol. The summed E-state index contributed by atoms with van der Waals surface area (Å²) in [6.45, 7) is 0. The van der Waals surface area contributed by atoms with E-state index in [0.717, 1.165) is 28.0 Å². The average molecular weight is 285 g/mol. The molecule has 2 heterocycles. The highest BCUT2D eigenvalue weighted by atomic mass is 16.5. The third-order valence-electron chi connectivity index (χ3n) is 3.60. The van der Waals surface area contributed by atoms with Crippen LogP contribution in [0.1, 0.15) is 10.5 Å². The van der Waals surface area contributed by atoms with Gasteiger partial charge in [0.05, 0.1) is 24.0 Å². The molecule has 0 aliphatic heterocycles. The van der Waals surface area contributed by atoms with Gasteiger partial charge in [0.1, 0.15) is 5.75 Å². The number of carboxylic acids is 1. The fraction of sp³-hybridized carbons (Fsp3) is 0.200. The molecule has 3 aromatic rings. The van der Waals surface area contributed by atoms with Gasteiger partial charge in [-0.15, -0.1) is 0 Å². The van der Waals surface area contributed by atoms with Crippen LogP contribution in [-0.4, -0.2) is 32.5 Å². The average Bonchev–Trinajstić information content (AvgIpc) is 3.00. The molecule has 0 unspecified atom stereocenters. The van der Waals surface area contributed by atoms with Crippen molar-refractivity contribution in [3.8, 4) is 17.1 Å². The van der Waals surface area contributed by atoms with Crippen LogP contribution in [0, 0.1) is 0 Å². The molecule has 0 aliphatic carbocycles. The summed E-state index contributed by atoms with van der Waals surface area (Å²) in [6.07, 6.45) is 0. The van der Waals surface area contributed by atoms with Crippen LogP contribution in [0.5, 0.6) is 5.75 Å². The Kier molecular flexibility index (Phi) is 2.94. The molecule has 0 fully saturated rings. The largest absolute Gasteiger partial charge is 0.495 e. The van der Waals surface area contributed by atoms with E-state index in [2.05, 4.69) is 5.10 Å². The number of rotatable bonds is 3. The van der Waals surface area contributed by atoms with Crippen molar-refractivity contribution in [2.24, 2.45) is 14.1 Å². The normalized spacial score (nSPS) is 11.0. The first-order valence-corrected chi connectivity index (χ1v) is 6.43. The lowest BCUT2D eigenvalue weighted by atomic mass is 10.2.